The Labute approximate surface area is 230 Å². The fourth-order valence-electron chi connectivity index (χ4n) is 4.14. The number of carboxylic acid groups (broad SMARTS) is 1. The monoisotopic (exact) mass is 547 g/mol. The molecule has 0 spiro atoms. The summed E-state index contributed by atoms with van der Waals surface area (Å²) in [6, 6.07) is 19.1. The van der Waals surface area contributed by atoms with E-state index in [1.165, 1.54) is 25.3 Å². The first-order valence-electron chi connectivity index (χ1n) is 12.6. The lowest BCUT2D eigenvalue weighted by Gasteiger charge is -2.20. The quantitative estimate of drug-likeness (QED) is 0.210. The van der Waals surface area contributed by atoms with Crippen LogP contribution in [-0.4, -0.2) is 36.4 Å². The standard InChI is InChI=1S/C31H27ClFNO5/c1-37-24-11-12-29(25(15-24)31(35)36)39-18-30(38-17-20-5-6-20)22-4-2-3-19(13-22)7-9-23-10-8-21-14-27(33)26(32)16-28(21)34-23/h2-4,7-16,20,30H,5-6,17-18H2,1H3,(H,35,36)/b9-7-. The number of benzene rings is 3. The van der Waals surface area contributed by atoms with Crippen LogP contribution in [0.5, 0.6) is 11.5 Å². The fourth-order valence-corrected chi connectivity index (χ4v) is 4.30. The van der Waals surface area contributed by atoms with Crippen LogP contribution >= 0.6 is 11.6 Å². The van der Waals surface area contributed by atoms with E-state index in [2.05, 4.69) is 4.98 Å². The molecule has 0 bridgehead atoms. The topological polar surface area (TPSA) is 77.9 Å². The van der Waals surface area contributed by atoms with Gasteiger partial charge in [-0.15, -0.1) is 0 Å². The molecule has 0 saturated heterocycles. The number of aromatic carboxylic acids is 1. The molecule has 4 aromatic rings. The number of carboxylic acids is 1. The van der Waals surface area contributed by atoms with Crippen LogP contribution in [0.2, 0.25) is 5.02 Å². The van der Waals surface area contributed by atoms with E-state index >= 15 is 0 Å². The Kier molecular flexibility index (Phi) is 8.10. The van der Waals surface area contributed by atoms with E-state index in [1.54, 1.807) is 12.1 Å². The summed E-state index contributed by atoms with van der Waals surface area (Å²) in [7, 11) is 1.48. The van der Waals surface area contributed by atoms with Gasteiger partial charge < -0.3 is 19.3 Å². The molecule has 1 aliphatic carbocycles. The van der Waals surface area contributed by atoms with Crippen molar-refractivity contribution in [2.24, 2.45) is 5.92 Å². The van der Waals surface area contributed by atoms with Crippen molar-refractivity contribution in [2.45, 2.75) is 18.9 Å². The van der Waals surface area contributed by atoms with E-state index in [1.807, 2.05) is 48.6 Å². The first-order chi connectivity index (χ1) is 18.9. The van der Waals surface area contributed by atoms with E-state index in [0.717, 1.165) is 24.0 Å². The third-order valence-corrected chi connectivity index (χ3v) is 6.81. The molecule has 5 rings (SSSR count). The average Bonchev–Trinajstić information content (AvgIpc) is 3.77. The molecule has 1 N–H and O–H groups in total. The first-order valence-corrected chi connectivity index (χ1v) is 13.0. The van der Waals surface area contributed by atoms with Crippen molar-refractivity contribution >= 4 is 40.6 Å². The molecule has 1 unspecified atom stereocenters. The number of ether oxygens (including phenoxy) is 3. The minimum absolute atomic E-state index is 0.0267. The van der Waals surface area contributed by atoms with Gasteiger partial charge in [-0.3, -0.25) is 0 Å². The van der Waals surface area contributed by atoms with E-state index < -0.39 is 17.9 Å². The molecule has 1 aromatic heterocycles. The number of fused-ring (bicyclic) bond motifs is 1. The summed E-state index contributed by atoms with van der Waals surface area (Å²) in [5.41, 5.74) is 3.20. The number of rotatable bonds is 11. The highest BCUT2D eigenvalue weighted by atomic mass is 35.5. The molecule has 0 radical (unpaired) electrons. The van der Waals surface area contributed by atoms with Gasteiger partial charge in [0.1, 0.15) is 35.6 Å². The van der Waals surface area contributed by atoms with E-state index in [0.29, 0.717) is 34.9 Å². The van der Waals surface area contributed by atoms with Crippen molar-refractivity contribution in [1.82, 2.24) is 4.98 Å². The lowest BCUT2D eigenvalue weighted by Crippen LogP contribution is -2.16. The smallest absolute Gasteiger partial charge is 0.339 e. The van der Waals surface area contributed by atoms with Crippen LogP contribution in [0.4, 0.5) is 4.39 Å². The normalized spacial score (nSPS) is 14.0. The summed E-state index contributed by atoms with van der Waals surface area (Å²) in [6.07, 6.45) is 5.72. The van der Waals surface area contributed by atoms with Gasteiger partial charge in [-0.2, -0.15) is 0 Å². The molecule has 1 atom stereocenters. The second kappa shape index (κ2) is 11.8. The summed E-state index contributed by atoms with van der Waals surface area (Å²) < 4.78 is 31.1. The van der Waals surface area contributed by atoms with Gasteiger partial charge in [0.2, 0.25) is 0 Å². The molecular formula is C31H27ClFNO5. The van der Waals surface area contributed by atoms with Crippen LogP contribution in [-0.2, 0) is 4.74 Å². The Morgan fingerprint density at radius 2 is 1.97 bits per heavy atom. The molecule has 1 fully saturated rings. The lowest BCUT2D eigenvalue weighted by atomic mass is 10.1. The van der Waals surface area contributed by atoms with Gasteiger partial charge in [0, 0.05) is 5.39 Å². The van der Waals surface area contributed by atoms with Crippen LogP contribution in [0, 0.1) is 11.7 Å². The van der Waals surface area contributed by atoms with Gasteiger partial charge >= 0.3 is 5.97 Å². The lowest BCUT2D eigenvalue weighted by molar-refractivity contribution is 0.0128. The van der Waals surface area contributed by atoms with Gasteiger partial charge in [-0.1, -0.05) is 41.9 Å². The summed E-state index contributed by atoms with van der Waals surface area (Å²) in [6.45, 7) is 0.767. The second-order valence-electron chi connectivity index (χ2n) is 9.44. The molecule has 0 amide bonds. The van der Waals surface area contributed by atoms with Crippen LogP contribution in [0.15, 0.2) is 66.7 Å². The predicted octanol–water partition coefficient (Wildman–Crippen LogP) is 7.45. The van der Waals surface area contributed by atoms with E-state index in [-0.39, 0.29) is 22.9 Å². The van der Waals surface area contributed by atoms with Gasteiger partial charge in [0.15, 0.2) is 0 Å². The van der Waals surface area contributed by atoms with Gasteiger partial charge in [-0.25, -0.2) is 14.2 Å². The Morgan fingerprint density at radius 1 is 1.13 bits per heavy atom. The summed E-state index contributed by atoms with van der Waals surface area (Å²) >= 11 is 5.92. The van der Waals surface area contributed by atoms with Crippen LogP contribution in [0.1, 0.15) is 46.1 Å². The second-order valence-corrected chi connectivity index (χ2v) is 9.85. The average molecular weight is 548 g/mol. The van der Waals surface area contributed by atoms with Crippen molar-refractivity contribution in [1.29, 1.82) is 0 Å². The zero-order valence-electron chi connectivity index (χ0n) is 21.3. The van der Waals surface area contributed by atoms with Crippen LogP contribution in [0.25, 0.3) is 23.1 Å². The minimum Gasteiger partial charge on any atom is -0.497 e. The number of hydrogen-bond donors (Lipinski definition) is 1. The van der Waals surface area contributed by atoms with Crippen molar-refractivity contribution in [3.63, 3.8) is 0 Å². The molecule has 39 heavy (non-hydrogen) atoms. The summed E-state index contributed by atoms with van der Waals surface area (Å²) in [5, 5.41) is 10.3. The van der Waals surface area contributed by atoms with Gasteiger partial charge in [0.25, 0.3) is 0 Å². The van der Waals surface area contributed by atoms with Crippen molar-refractivity contribution in [3.8, 4) is 11.5 Å². The molecule has 3 aromatic carbocycles. The van der Waals surface area contributed by atoms with Gasteiger partial charge in [0.05, 0.1) is 29.9 Å². The molecule has 1 saturated carbocycles. The number of aromatic nitrogens is 1. The molecule has 8 heteroatoms. The Bertz CT molecular complexity index is 1540. The molecule has 0 aliphatic heterocycles. The molecule has 200 valence electrons. The molecule has 6 nitrogen and oxygen atoms in total. The maximum atomic E-state index is 13.7. The molecule has 1 aliphatic rings. The zero-order valence-corrected chi connectivity index (χ0v) is 22.0. The maximum absolute atomic E-state index is 13.7. The number of methoxy groups -OCH3 is 1. The molecular weight excluding hydrogens is 521 g/mol. The van der Waals surface area contributed by atoms with Crippen LogP contribution < -0.4 is 9.47 Å². The molecule has 1 heterocycles. The summed E-state index contributed by atoms with van der Waals surface area (Å²) in [4.78, 5) is 16.3. The maximum Gasteiger partial charge on any atom is 0.339 e. The van der Waals surface area contributed by atoms with E-state index in [9.17, 15) is 14.3 Å². The number of nitrogens with zero attached hydrogens (tertiary/aromatic N) is 1. The highest BCUT2D eigenvalue weighted by Gasteiger charge is 2.25. The third kappa shape index (κ3) is 6.74. The summed E-state index contributed by atoms with van der Waals surface area (Å²) in [5.74, 6) is -0.327. The van der Waals surface area contributed by atoms with E-state index in [4.69, 9.17) is 25.8 Å². The first kappa shape index (κ1) is 26.7. The number of carbonyl (C=O) groups is 1. The Hall–Kier alpha value is -3.94. The fraction of sp³-hybridized carbons (Fsp3) is 0.226. The third-order valence-electron chi connectivity index (χ3n) is 6.52. The predicted molar refractivity (Wildman–Crippen MR) is 149 cm³/mol. The number of hydrogen-bond acceptors (Lipinski definition) is 5. The largest absolute Gasteiger partial charge is 0.497 e. The van der Waals surface area contributed by atoms with Crippen molar-refractivity contribution in [3.05, 3.63) is 100.0 Å². The van der Waals surface area contributed by atoms with Crippen molar-refractivity contribution < 1.29 is 28.5 Å². The number of pyridine rings is 1. The SMILES string of the molecule is COc1ccc(OCC(OCC2CC2)c2cccc(/C=C\c3ccc4cc(F)c(Cl)cc4n3)c2)c(C(=O)O)c1. The zero-order chi connectivity index (χ0) is 27.4. The minimum atomic E-state index is -1.10. The van der Waals surface area contributed by atoms with Crippen LogP contribution in [0.3, 0.4) is 0 Å². The van der Waals surface area contributed by atoms with Gasteiger partial charge in [-0.05, 0) is 78.4 Å². The highest BCUT2D eigenvalue weighted by molar-refractivity contribution is 6.31. The highest BCUT2D eigenvalue weighted by Crippen LogP contribution is 2.32. The Morgan fingerprint density at radius 3 is 2.74 bits per heavy atom. The Balaban J connectivity index is 1.35. The van der Waals surface area contributed by atoms with Crippen molar-refractivity contribution in [2.75, 3.05) is 20.3 Å². The number of halogens is 2.